The molecule has 21 heavy (non-hydrogen) atoms. The molecule has 0 aromatic heterocycles. The van der Waals surface area contributed by atoms with Gasteiger partial charge in [0.2, 0.25) is 0 Å². The molecule has 0 saturated heterocycles. The standard InChI is InChI=1S/C17H35NO3/c1-5-7-8-9-10-20-13-14(19)12-18-15-11-16(21-6-2)17(15,3)4/h14-16,18-19H,5-13H2,1-4H3. The molecule has 3 unspecified atom stereocenters. The summed E-state index contributed by atoms with van der Waals surface area (Å²) >= 11 is 0. The largest absolute Gasteiger partial charge is 0.389 e. The molecule has 3 atom stereocenters. The minimum Gasteiger partial charge on any atom is -0.389 e. The second-order valence-corrected chi connectivity index (χ2v) is 6.75. The lowest BCUT2D eigenvalue weighted by atomic mass is 9.64. The summed E-state index contributed by atoms with van der Waals surface area (Å²) in [6, 6.07) is 0.424. The maximum absolute atomic E-state index is 9.94. The summed E-state index contributed by atoms with van der Waals surface area (Å²) in [7, 11) is 0. The topological polar surface area (TPSA) is 50.7 Å². The van der Waals surface area contributed by atoms with E-state index in [1.807, 2.05) is 6.92 Å². The zero-order valence-corrected chi connectivity index (χ0v) is 14.4. The minimum absolute atomic E-state index is 0.150. The molecule has 0 aliphatic heterocycles. The summed E-state index contributed by atoms with van der Waals surface area (Å²) in [6.45, 7) is 11.3. The van der Waals surface area contributed by atoms with Gasteiger partial charge in [0.15, 0.2) is 0 Å². The molecule has 0 radical (unpaired) electrons. The Morgan fingerprint density at radius 2 is 2.00 bits per heavy atom. The maximum atomic E-state index is 9.94. The summed E-state index contributed by atoms with van der Waals surface area (Å²) in [6.07, 6.45) is 5.79. The van der Waals surface area contributed by atoms with Crippen LogP contribution in [-0.2, 0) is 9.47 Å². The van der Waals surface area contributed by atoms with E-state index in [9.17, 15) is 5.11 Å². The molecule has 4 nitrogen and oxygen atoms in total. The molecule has 2 N–H and O–H groups in total. The van der Waals surface area contributed by atoms with Crippen molar-refractivity contribution in [2.24, 2.45) is 5.41 Å². The Hall–Kier alpha value is -0.160. The van der Waals surface area contributed by atoms with E-state index < -0.39 is 6.10 Å². The lowest BCUT2D eigenvalue weighted by Crippen LogP contribution is -2.61. The second kappa shape index (κ2) is 9.78. The maximum Gasteiger partial charge on any atom is 0.0897 e. The molecule has 1 saturated carbocycles. The van der Waals surface area contributed by atoms with Crippen LogP contribution in [0.2, 0.25) is 0 Å². The third-order valence-electron chi connectivity index (χ3n) is 4.60. The first-order valence-corrected chi connectivity index (χ1v) is 8.63. The molecule has 0 bridgehead atoms. The highest BCUT2D eigenvalue weighted by Crippen LogP contribution is 2.42. The fourth-order valence-electron chi connectivity index (χ4n) is 2.90. The Kier molecular flexibility index (Phi) is 8.79. The van der Waals surface area contributed by atoms with E-state index in [4.69, 9.17) is 9.47 Å². The van der Waals surface area contributed by atoms with Crippen LogP contribution in [0.15, 0.2) is 0 Å². The van der Waals surface area contributed by atoms with Crippen molar-refractivity contribution in [2.45, 2.75) is 78.0 Å². The lowest BCUT2D eigenvalue weighted by molar-refractivity contribution is -0.116. The van der Waals surface area contributed by atoms with Crippen LogP contribution in [0.4, 0.5) is 0 Å². The lowest BCUT2D eigenvalue weighted by Gasteiger charge is -2.52. The van der Waals surface area contributed by atoms with Crippen molar-refractivity contribution < 1.29 is 14.6 Å². The summed E-state index contributed by atoms with van der Waals surface area (Å²) in [5, 5.41) is 13.4. The predicted molar refractivity (Wildman–Crippen MR) is 86.6 cm³/mol. The van der Waals surface area contributed by atoms with E-state index in [1.165, 1.54) is 19.3 Å². The smallest absolute Gasteiger partial charge is 0.0897 e. The Bertz CT molecular complexity index is 271. The Labute approximate surface area is 130 Å². The van der Waals surface area contributed by atoms with Crippen molar-refractivity contribution in [1.29, 1.82) is 0 Å². The molecule has 1 aliphatic carbocycles. The zero-order chi connectivity index (χ0) is 15.7. The molecular weight excluding hydrogens is 266 g/mol. The molecule has 1 fully saturated rings. The predicted octanol–water partition coefficient (Wildman–Crippen LogP) is 2.74. The Morgan fingerprint density at radius 3 is 2.62 bits per heavy atom. The van der Waals surface area contributed by atoms with Crippen LogP contribution in [0, 0.1) is 5.41 Å². The molecule has 0 aromatic carbocycles. The van der Waals surface area contributed by atoms with Crippen molar-refractivity contribution in [3.8, 4) is 0 Å². The van der Waals surface area contributed by atoms with E-state index in [0.717, 1.165) is 26.1 Å². The molecule has 126 valence electrons. The highest BCUT2D eigenvalue weighted by molar-refractivity contribution is 5.02. The Morgan fingerprint density at radius 1 is 1.24 bits per heavy atom. The number of aliphatic hydroxyl groups excluding tert-OH is 1. The van der Waals surface area contributed by atoms with Crippen LogP contribution < -0.4 is 5.32 Å². The van der Waals surface area contributed by atoms with Crippen molar-refractivity contribution >= 4 is 0 Å². The highest BCUT2D eigenvalue weighted by atomic mass is 16.5. The van der Waals surface area contributed by atoms with Crippen LogP contribution in [-0.4, -0.2) is 49.7 Å². The fraction of sp³-hybridized carbons (Fsp3) is 1.00. The van der Waals surface area contributed by atoms with Crippen LogP contribution >= 0.6 is 0 Å². The summed E-state index contributed by atoms with van der Waals surface area (Å²) in [5.74, 6) is 0. The van der Waals surface area contributed by atoms with Gasteiger partial charge in [0.1, 0.15) is 0 Å². The molecule has 1 aliphatic rings. The first-order chi connectivity index (χ1) is 10.0. The summed E-state index contributed by atoms with van der Waals surface area (Å²) < 4.78 is 11.2. The quantitative estimate of drug-likeness (QED) is 0.544. The van der Waals surface area contributed by atoms with E-state index >= 15 is 0 Å². The van der Waals surface area contributed by atoms with Gasteiger partial charge in [-0.05, 0) is 19.8 Å². The SMILES string of the molecule is CCCCCCOCC(O)CNC1CC(OCC)C1(C)C. The van der Waals surface area contributed by atoms with Gasteiger partial charge in [-0.3, -0.25) is 0 Å². The molecule has 0 spiro atoms. The Balaban J connectivity index is 2.04. The molecule has 0 aromatic rings. The number of nitrogens with one attached hydrogen (secondary N) is 1. The van der Waals surface area contributed by atoms with E-state index in [2.05, 4.69) is 26.1 Å². The number of aliphatic hydroxyl groups is 1. The number of unbranched alkanes of at least 4 members (excludes halogenated alkanes) is 3. The van der Waals surface area contributed by atoms with Crippen molar-refractivity contribution in [2.75, 3.05) is 26.4 Å². The van der Waals surface area contributed by atoms with Gasteiger partial charge in [0, 0.05) is 31.2 Å². The monoisotopic (exact) mass is 301 g/mol. The minimum atomic E-state index is -0.418. The average Bonchev–Trinajstić information content (AvgIpc) is 2.45. The van der Waals surface area contributed by atoms with Gasteiger partial charge in [0.25, 0.3) is 0 Å². The van der Waals surface area contributed by atoms with Crippen molar-refractivity contribution in [3.05, 3.63) is 0 Å². The first-order valence-electron chi connectivity index (χ1n) is 8.63. The third-order valence-corrected chi connectivity index (χ3v) is 4.60. The van der Waals surface area contributed by atoms with E-state index in [0.29, 0.717) is 25.3 Å². The second-order valence-electron chi connectivity index (χ2n) is 6.75. The van der Waals surface area contributed by atoms with Crippen LogP contribution in [0.25, 0.3) is 0 Å². The van der Waals surface area contributed by atoms with Crippen LogP contribution in [0.5, 0.6) is 0 Å². The van der Waals surface area contributed by atoms with Crippen molar-refractivity contribution in [1.82, 2.24) is 5.32 Å². The van der Waals surface area contributed by atoms with E-state index in [1.54, 1.807) is 0 Å². The third kappa shape index (κ3) is 6.23. The molecule has 0 heterocycles. The van der Waals surface area contributed by atoms with Gasteiger partial charge in [-0.25, -0.2) is 0 Å². The number of rotatable bonds is 12. The summed E-state index contributed by atoms with van der Waals surface area (Å²) in [4.78, 5) is 0. The fourth-order valence-corrected chi connectivity index (χ4v) is 2.90. The average molecular weight is 301 g/mol. The normalized spacial score (nSPS) is 25.6. The van der Waals surface area contributed by atoms with Gasteiger partial charge in [-0.2, -0.15) is 0 Å². The molecule has 0 amide bonds. The highest BCUT2D eigenvalue weighted by Gasteiger charge is 2.48. The van der Waals surface area contributed by atoms with E-state index in [-0.39, 0.29) is 5.41 Å². The van der Waals surface area contributed by atoms with Crippen molar-refractivity contribution in [3.63, 3.8) is 0 Å². The summed E-state index contributed by atoms with van der Waals surface area (Å²) in [5.41, 5.74) is 0.150. The number of ether oxygens (including phenoxy) is 2. The molecule has 4 heteroatoms. The zero-order valence-electron chi connectivity index (χ0n) is 14.4. The number of hydrogen-bond donors (Lipinski definition) is 2. The van der Waals surface area contributed by atoms with Crippen LogP contribution in [0.1, 0.15) is 59.8 Å². The van der Waals surface area contributed by atoms with Gasteiger partial charge < -0.3 is 19.9 Å². The van der Waals surface area contributed by atoms with Gasteiger partial charge >= 0.3 is 0 Å². The number of hydrogen-bond acceptors (Lipinski definition) is 4. The van der Waals surface area contributed by atoms with Crippen LogP contribution in [0.3, 0.4) is 0 Å². The van der Waals surface area contributed by atoms with Gasteiger partial charge in [0.05, 0.1) is 18.8 Å². The molecular formula is C17H35NO3. The van der Waals surface area contributed by atoms with Gasteiger partial charge in [-0.1, -0.05) is 40.0 Å². The first kappa shape index (κ1) is 18.9. The van der Waals surface area contributed by atoms with Gasteiger partial charge in [-0.15, -0.1) is 0 Å². The molecule has 1 rings (SSSR count).